The van der Waals surface area contributed by atoms with Gasteiger partial charge >= 0.3 is 5.63 Å². The summed E-state index contributed by atoms with van der Waals surface area (Å²) in [5.41, 5.74) is -1.06. The van der Waals surface area contributed by atoms with Crippen LogP contribution in [0.25, 0.3) is 0 Å². The Balaban J connectivity index is 2.66. The highest BCUT2D eigenvalue weighted by molar-refractivity contribution is 6.74. The van der Waals surface area contributed by atoms with Crippen molar-refractivity contribution in [2.45, 2.75) is 71.5 Å². The van der Waals surface area contributed by atoms with Crippen LogP contribution in [0.3, 0.4) is 0 Å². The Morgan fingerprint density at radius 3 is 2.42 bits per heavy atom. The molecule has 0 radical (unpaired) electrons. The smallest absolute Gasteiger partial charge is 0.350 e. The molecule has 1 unspecified atom stereocenters. The number of rotatable bonds is 7. The van der Waals surface area contributed by atoms with Gasteiger partial charge in [-0.2, -0.15) is 0 Å². The molecule has 0 saturated heterocycles. The Labute approximate surface area is 145 Å². The van der Waals surface area contributed by atoms with Crippen LogP contribution in [0, 0.1) is 0 Å². The topological polar surface area (TPSA) is 76.7 Å². The number of carbonyl (C=O) groups excluding carboxylic acids is 1. The van der Waals surface area contributed by atoms with Crippen molar-refractivity contribution in [1.82, 2.24) is 0 Å². The van der Waals surface area contributed by atoms with Gasteiger partial charge in [-0.05, 0) is 37.9 Å². The molecule has 0 fully saturated rings. The van der Waals surface area contributed by atoms with Crippen LogP contribution in [-0.2, 0) is 4.43 Å². The van der Waals surface area contributed by atoms with Gasteiger partial charge in [-0.1, -0.05) is 27.7 Å². The Morgan fingerprint density at radius 1 is 1.38 bits per heavy atom. The van der Waals surface area contributed by atoms with Crippen molar-refractivity contribution < 1.29 is 18.7 Å². The first kappa shape index (κ1) is 20.6. The van der Waals surface area contributed by atoms with Gasteiger partial charge in [0.1, 0.15) is 17.1 Å². The van der Waals surface area contributed by atoms with Crippen LogP contribution in [0.1, 0.15) is 69.5 Å². The van der Waals surface area contributed by atoms with Crippen molar-refractivity contribution in [2.75, 3.05) is 6.61 Å². The molecule has 0 aliphatic rings. The summed E-state index contributed by atoms with van der Waals surface area (Å²) in [6.45, 7) is 14.9. The van der Waals surface area contributed by atoms with Crippen molar-refractivity contribution in [3.63, 3.8) is 0 Å². The highest BCUT2D eigenvalue weighted by atomic mass is 28.4. The van der Waals surface area contributed by atoms with Gasteiger partial charge in [-0.3, -0.25) is 4.79 Å². The fourth-order valence-electron chi connectivity index (χ4n) is 2.14. The van der Waals surface area contributed by atoms with Gasteiger partial charge < -0.3 is 13.9 Å². The van der Waals surface area contributed by atoms with E-state index in [9.17, 15) is 14.7 Å². The van der Waals surface area contributed by atoms with E-state index in [2.05, 4.69) is 33.9 Å². The number of Topliss-reactive ketones (excluding diaryl/α,β-unsaturated/α-hetero) is 1. The minimum Gasteiger partial charge on any atom is -0.507 e. The number of carbonyl (C=O) groups is 1. The number of hydrogen-bond donors (Lipinski definition) is 1. The van der Waals surface area contributed by atoms with Crippen LogP contribution in [-0.4, -0.2) is 25.8 Å². The van der Waals surface area contributed by atoms with Crippen LogP contribution >= 0.6 is 0 Å². The number of aromatic hydroxyl groups is 1. The fourth-order valence-corrected chi connectivity index (χ4v) is 3.23. The van der Waals surface area contributed by atoms with E-state index >= 15 is 0 Å². The second-order valence-electron chi connectivity index (χ2n) is 7.90. The molecule has 24 heavy (non-hydrogen) atoms. The maximum atomic E-state index is 11.8. The standard InChI is InChI=1S/C18H30O5Si/c1-12(9-8-10-22-24(6,7)18(3,4)5)15-11-14(20)16(13(2)19)17(21)23-15/h11-12,20H,8-10H2,1-7H3. The maximum absolute atomic E-state index is 11.8. The summed E-state index contributed by atoms with van der Waals surface area (Å²) in [7, 11) is -1.75. The van der Waals surface area contributed by atoms with Gasteiger partial charge in [0.25, 0.3) is 0 Å². The first-order valence-corrected chi connectivity index (χ1v) is 11.3. The van der Waals surface area contributed by atoms with E-state index in [1.165, 1.54) is 13.0 Å². The summed E-state index contributed by atoms with van der Waals surface area (Å²) < 4.78 is 11.3. The molecule has 1 aromatic rings. The van der Waals surface area contributed by atoms with Gasteiger partial charge in [0.15, 0.2) is 14.1 Å². The largest absolute Gasteiger partial charge is 0.507 e. The summed E-state index contributed by atoms with van der Waals surface area (Å²) in [6.07, 6.45) is 1.61. The van der Waals surface area contributed by atoms with E-state index < -0.39 is 19.7 Å². The molecule has 1 atom stereocenters. The average molecular weight is 355 g/mol. The fraction of sp³-hybridized carbons (Fsp3) is 0.667. The monoisotopic (exact) mass is 354 g/mol. The normalized spacial score (nSPS) is 13.8. The predicted octanol–water partition coefficient (Wildman–Crippen LogP) is 4.45. The van der Waals surface area contributed by atoms with Crippen LogP contribution in [0.4, 0.5) is 0 Å². The molecule has 5 nitrogen and oxygen atoms in total. The Hall–Kier alpha value is -1.40. The molecule has 0 spiro atoms. The third-order valence-corrected chi connectivity index (χ3v) is 9.38. The lowest BCUT2D eigenvalue weighted by Gasteiger charge is -2.36. The molecule has 1 N–H and O–H groups in total. The quantitative estimate of drug-likeness (QED) is 0.444. The van der Waals surface area contributed by atoms with Crippen molar-refractivity contribution in [3.8, 4) is 5.75 Å². The van der Waals surface area contributed by atoms with E-state index in [0.717, 1.165) is 12.8 Å². The first-order chi connectivity index (χ1) is 10.9. The summed E-state index contributed by atoms with van der Waals surface area (Å²) in [6, 6.07) is 1.37. The predicted molar refractivity (Wildman–Crippen MR) is 97.4 cm³/mol. The molecule has 0 aliphatic heterocycles. The summed E-state index contributed by atoms with van der Waals surface area (Å²) in [5.74, 6) is -0.441. The molecule has 0 amide bonds. The third-order valence-electron chi connectivity index (χ3n) is 4.84. The Kier molecular flexibility index (Phi) is 6.58. The molecular formula is C18H30O5Si. The highest BCUT2D eigenvalue weighted by Crippen LogP contribution is 2.36. The van der Waals surface area contributed by atoms with Crippen LogP contribution in [0.5, 0.6) is 5.75 Å². The highest BCUT2D eigenvalue weighted by Gasteiger charge is 2.36. The van der Waals surface area contributed by atoms with Gasteiger partial charge in [0.05, 0.1) is 0 Å². The van der Waals surface area contributed by atoms with E-state index in [1.54, 1.807) is 0 Å². The van der Waals surface area contributed by atoms with Crippen LogP contribution in [0.2, 0.25) is 18.1 Å². The van der Waals surface area contributed by atoms with Gasteiger partial charge in [0, 0.05) is 18.6 Å². The lowest BCUT2D eigenvalue weighted by Crippen LogP contribution is -2.41. The van der Waals surface area contributed by atoms with E-state index in [0.29, 0.717) is 12.4 Å². The second-order valence-corrected chi connectivity index (χ2v) is 12.7. The third kappa shape index (κ3) is 5.04. The number of ketones is 1. The molecule has 6 heteroatoms. The molecule has 0 saturated carbocycles. The van der Waals surface area contributed by atoms with Gasteiger partial charge in [0.2, 0.25) is 0 Å². The second kappa shape index (κ2) is 7.65. The number of hydrogen-bond acceptors (Lipinski definition) is 5. The zero-order valence-corrected chi connectivity index (χ0v) is 16.9. The van der Waals surface area contributed by atoms with Crippen molar-refractivity contribution in [3.05, 3.63) is 27.8 Å². The van der Waals surface area contributed by atoms with Crippen molar-refractivity contribution >= 4 is 14.1 Å². The zero-order chi connectivity index (χ0) is 18.7. The molecule has 136 valence electrons. The summed E-state index contributed by atoms with van der Waals surface area (Å²) in [4.78, 5) is 23.1. The Bertz CT molecular complexity index is 640. The summed E-state index contributed by atoms with van der Waals surface area (Å²) >= 11 is 0. The van der Waals surface area contributed by atoms with Crippen molar-refractivity contribution in [1.29, 1.82) is 0 Å². The van der Waals surface area contributed by atoms with Crippen LogP contribution in [0.15, 0.2) is 15.3 Å². The zero-order valence-electron chi connectivity index (χ0n) is 15.9. The van der Waals surface area contributed by atoms with Gasteiger partial charge in [-0.15, -0.1) is 0 Å². The van der Waals surface area contributed by atoms with Crippen LogP contribution < -0.4 is 5.63 Å². The maximum Gasteiger partial charge on any atom is 0.350 e. The average Bonchev–Trinajstić information content (AvgIpc) is 2.40. The molecule has 1 rings (SSSR count). The SMILES string of the molecule is CC(=O)c1c(O)cc(C(C)CCCO[Si](C)(C)C(C)(C)C)oc1=O. The molecule has 0 aliphatic carbocycles. The Morgan fingerprint density at radius 2 is 1.96 bits per heavy atom. The minimum atomic E-state index is -1.75. The molecule has 0 bridgehead atoms. The minimum absolute atomic E-state index is 0.0346. The van der Waals surface area contributed by atoms with E-state index in [4.69, 9.17) is 8.84 Å². The lowest BCUT2D eigenvalue weighted by atomic mass is 10.0. The lowest BCUT2D eigenvalue weighted by molar-refractivity contribution is 0.101. The molecule has 1 heterocycles. The molecular weight excluding hydrogens is 324 g/mol. The van der Waals surface area contributed by atoms with E-state index in [-0.39, 0.29) is 22.3 Å². The van der Waals surface area contributed by atoms with Gasteiger partial charge in [-0.25, -0.2) is 4.79 Å². The first-order valence-electron chi connectivity index (χ1n) is 8.38. The summed E-state index contributed by atoms with van der Waals surface area (Å²) in [5, 5.41) is 10.0. The van der Waals surface area contributed by atoms with E-state index in [1.807, 2.05) is 6.92 Å². The van der Waals surface area contributed by atoms with Crippen molar-refractivity contribution in [2.24, 2.45) is 0 Å². The molecule has 1 aromatic heterocycles. The molecule has 0 aromatic carbocycles.